The van der Waals surface area contributed by atoms with E-state index >= 15 is 0 Å². The van der Waals surface area contributed by atoms with Crippen LogP contribution in [0.3, 0.4) is 0 Å². The lowest BCUT2D eigenvalue weighted by atomic mass is 10.5. The van der Waals surface area contributed by atoms with Gasteiger partial charge in [-0.1, -0.05) is 22.9 Å². The number of carbonyl (C=O) groups is 1. The molecule has 0 fully saturated rings. The Balaban J connectivity index is 3.01. The van der Waals surface area contributed by atoms with Crippen LogP contribution in [-0.4, -0.2) is 29.1 Å². The number of carboxylic acids is 1. The summed E-state index contributed by atoms with van der Waals surface area (Å²) in [5.74, 6) is -0.928. The summed E-state index contributed by atoms with van der Waals surface area (Å²) in [5, 5.41) is 8.09. The summed E-state index contributed by atoms with van der Waals surface area (Å²) in [6.45, 7) is 2.12. The molecule has 9 heavy (non-hydrogen) atoms. The van der Waals surface area contributed by atoms with Gasteiger partial charge in [0.1, 0.15) is 6.61 Å². The van der Waals surface area contributed by atoms with Gasteiger partial charge in [-0.2, -0.15) is 0 Å². The highest BCUT2D eigenvalue weighted by Crippen LogP contribution is 1.96. The third-order valence-corrected chi connectivity index (χ3v) is 0.837. The van der Waals surface area contributed by atoms with Crippen LogP contribution in [0.4, 0.5) is 0 Å². The summed E-state index contributed by atoms with van der Waals surface area (Å²) in [5.41, 5.74) is 0. The van der Waals surface area contributed by atoms with Gasteiger partial charge >= 0.3 is 5.97 Å². The van der Waals surface area contributed by atoms with Crippen LogP contribution < -0.4 is 0 Å². The maximum atomic E-state index is 9.84. The van der Waals surface area contributed by atoms with E-state index in [0.29, 0.717) is 6.61 Å². The zero-order valence-electron chi connectivity index (χ0n) is 5.13. The highest BCUT2D eigenvalue weighted by molar-refractivity contribution is 9.09. The van der Waals surface area contributed by atoms with Crippen molar-refractivity contribution in [3.05, 3.63) is 0 Å². The van der Waals surface area contributed by atoms with Gasteiger partial charge in [0.2, 0.25) is 0 Å². The Hall–Kier alpha value is -0.0900. The first-order chi connectivity index (χ1) is 4.13. The van der Waals surface area contributed by atoms with Crippen molar-refractivity contribution in [2.24, 2.45) is 0 Å². The van der Waals surface area contributed by atoms with Crippen molar-refractivity contribution in [3.8, 4) is 0 Å². The van der Waals surface area contributed by atoms with Crippen LogP contribution in [0.25, 0.3) is 0 Å². The molecule has 1 N–H and O–H groups in total. The summed E-state index contributed by atoms with van der Waals surface area (Å²) in [7, 11) is 0. The van der Waals surface area contributed by atoms with Gasteiger partial charge < -0.3 is 9.84 Å². The van der Waals surface area contributed by atoms with E-state index in [4.69, 9.17) is 9.84 Å². The molecule has 0 aliphatic rings. The minimum atomic E-state index is -0.928. The number of hydrogen-bond donors (Lipinski definition) is 1. The van der Waals surface area contributed by atoms with Crippen LogP contribution in [0.5, 0.6) is 0 Å². The fourth-order valence-corrected chi connectivity index (χ4v) is 0.496. The Morgan fingerprint density at radius 3 is 2.78 bits per heavy atom. The molecule has 1 atom stereocenters. The third-order valence-electron chi connectivity index (χ3n) is 0.573. The maximum absolute atomic E-state index is 9.84. The summed E-state index contributed by atoms with van der Waals surface area (Å²) in [4.78, 5) is 10.1. The molecular formula is C5H9BrO3. The van der Waals surface area contributed by atoms with Gasteiger partial charge in [-0.3, -0.25) is 0 Å². The molecule has 0 aromatic carbocycles. The molecule has 0 bridgehead atoms. The van der Waals surface area contributed by atoms with Crippen molar-refractivity contribution in [1.29, 1.82) is 0 Å². The fraction of sp³-hybridized carbons (Fsp3) is 0.800. The van der Waals surface area contributed by atoms with Gasteiger partial charge in [0.15, 0.2) is 0 Å². The molecule has 54 valence electrons. The Morgan fingerprint density at radius 1 is 1.89 bits per heavy atom. The highest BCUT2D eigenvalue weighted by atomic mass is 79.9. The molecule has 0 aliphatic heterocycles. The van der Waals surface area contributed by atoms with E-state index < -0.39 is 5.97 Å². The number of carboxylic acid groups (broad SMARTS) is 1. The number of halogens is 1. The molecule has 0 aromatic heterocycles. The molecule has 0 radical (unpaired) electrons. The van der Waals surface area contributed by atoms with Gasteiger partial charge in [-0.25, -0.2) is 4.79 Å². The first-order valence-corrected chi connectivity index (χ1v) is 3.48. The van der Waals surface area contributed by atoms with Crippen LogP contribution in [0.2, 0.25) is 0 Å². The predicted molar refractivity (Wildman–Crippen MR) is 36.8 cm³/mol. The number of alkyl halides is 1. The van der Waals surface area contributed by atoms with Crippen LogP contribution in [0, 0.1) is 0 Å². The SMILES string of the molecule is CC(Br)COCC(=O)O. The van der Waals surface area contributed by atoms with Crippen molar-refractivity contribution in [3.63, 3.8) is 0 Å². The van der Waals surface area contributed by atoms with Crippen LogP contribution in [0.15, 0.2) is 0 Å². The Labute approximate surface area is 62.1 Å². The molecule has 0 heterocycles. The average molecular weight is 197 g/mol. The molecule has 0 aromatic rings. The molecular weight excluding hydrogens is 188 g/mol. The molecule has 0 rings (SSSR count). The third kappa shape index (κ3) is 7.91. The Kier molecular flexibility index (Phi) is 4.71. The standard InChI is InChI=1S/C5H9BrO3/c1-4(6)2-9-3-5(7)8/h4H,2-3H2,1H3,(H,7,8). The quantitative estimate of drug-likeness (QED) is 0.680. The van der Waals surface area contributed by atoms with E-state index in [2.05, 4.69) is 15.9 Å². The van der Waals surface area contributed by atoms with Gasteiger partial charge in [0.25, 0.3) is 0 Å². The maximum Gasteiger partial charge on any atom is 0.329 e. The molecule has 1 unspecified atom stereocenters. The van der Waals surface area contributed by atoms with Crippen molar-refractivity contribution >= 4 is 21.9 Å². The fourth-order valence-electron chi connectivity index (χ4n) is 0.309. The topological polar surface area (TPSA) is 46.5 Å². The van der Waals surface area contributed by atoms with Gasteiger partial charge in [0, 0.05) is 4.83 Å². The lowest BCUT2D eigenvalue weighted by molar-refractivity contribution is -0.142. The second kappa shape index (κ2) is 4.76. The monoisotopic (exact) mass is 196 g/mol. The van der Waals surface area contributed by atoms with E-state index in [9.17, 15) is 4.79 Å². The zero-order valence-corrected chi connectivity index (χ0v) is 6.72. The molecule has 4 heteroatoms. The van der Waals surface area contributed by atoms with Crippen LogP contribution in [-0.2, 0) is 9.53 Å². The van der Waals surface area contributed by atoms with Crippen molar-refractivity contribution in [2.45, 2.75) is 11.8 Å². The summed E-state index contributed by atoms with van der Waals surface area (Å²) >= 11 is 3.21. The molecule has 0 saturated heterocycles. The number of aliphatic carboxylic acids is 1. The summed E-state index contributed by atoms with van der Waals surface area (Å²) in [6, 6.07) is 0. The lowest BCUT2D eigenvalue weighted by Crippen LogP contribution is -2.11. The van der Waals surface area contributed by atoms with Crippen LogP contribution in [0.1, 0.15) is 6.92 Å². The molecule has 0 saturated carbocycles. The van der Waals surface area contributed by atoms with E-state index in [0.717, 1.165) is 0 Å². The largest absolute Gasteiger partial charge is 0.480 e. The second-order valence-corrected chi connectivity index (χ2v) is 3.25. The van der Waals surface area contributed by atoms with Crippen molar-refractivity contribution in [1.82, 2.24) is 0 Å². The Morgan fingerprint density at radius 2 is 2.44 bits per heavy atom. The summed E-state index contributed by atoms with van der Waals surface area (Å²) < 4.78 is 4.71. The number of hydrogen-bond acceptors (Lipinski definition) is 2. The smallest absolute Gasteiger partial charge is 0.329 e. The summed E-state index contributed by atoms with van der Waals surface area (Å²) in [6.07, 6.45) is 0. The van der Waals surface area contributed by atoms with E-state index in [1.54, 1.807) is 0 Å². The van der Waals surface area contributed by atoms with Crippen molar-refractivity contribution in [2.75, 3.05) is 13.2 Å². The van der Waals surface area contributed by atoms with Crippen LogP contribution >= 0.6 is 15.9 Å². The molecule has 0 amide bonds. The lowest BCUT2D eigenvalue weighted by Gasteiger charge is -2.00. The number of rotatable bonds is 4. The van der Waals surface area contributed by atoms with E-state index in [1.165, 1.54) is 0 Å². The van der Waals surface area contributed by atoms with Gasteiger partial charge in [-0.15, -0.1) is 0 Å². The van der Waals surface area contributed by atoms with Gasteiger partial charge in [-0.05, 0) is 0 Å². The minimum Gasteiger partial charge on any atom is -0.480 e. The average Bonchev–Trinajstić information content (AvgIpc) is 1.63. The predicted octanol–water partition coefficient (Wildman–Crippen LogP) is 0.871. The van der Waals surface area contributed by atoms with E-state index in [1.807, 2.05) is 6.92 Å². The normalized spacial score (nSPS) is 13.1. The first kappa shape index (κ1) is 8.91. The molecule has 0 spiro atoms. The number of ether oxygens (including phenoxy) is 1. The van der Waals surface area contributed by atoms with E-state index in [-0.39, 0.29) is 11.4 Å². The molecule has 0 aliphatic carbocycles. The van der Waals surface area contributed by atoms with Crippen molar-refractivity contribution < 1.29 is 14.6 Å². The van der Waals surface area contributed by atoms with Gasteiger partial charge in [0.05, 0.1) is 6.61 Å². The highest BCUT2D eigenvalue weighted by Gasteiger charge is 1.98. The Bertz CT molecular complexity index is 92.2. The second-order valence-electron chi connectivity index (χ2n) is 1.69. The minimum absolute atomic E-state index is 0.212. The first-order valence-electron chi connectivity index (χ1n) is 2.56. The molecule has 3 nitrogen and oxygen atoms in total. The zero-order chi connectivity index (χ0) is 7.28.